The Kier molecular flexibility index (Phi) is 5.86. The topological polar surface area (TPSA) is 55.8 Å². The first-order valence-corrected chi connectivity index (χ1v) is 10.4. The van der Waals surface area contributed by atoms with Crippen LogP contribution < -0.4 is 9.47 Å². The predicted molar refractivity (Wildman–Crippen MR) is 113 cm³/mol. The highest BCUT2D eigenvalue weighted by Gasteiger charge is 2.46. The molecule has 4 unspecified atom stereocenters. The summed E-state index contributed by atoms with van der Waals surface area (Å²) in [6, 6.07) is 11.4. The van der Waals surface area contributed by atoms with Crippen molar-refractivity contribution in [3.05, 3.63) is 70.8 Å². The van der Waals surface area contributed by atoms with E-state index in [1.165, 1.54) is 0 Å². The fraction of sp³-hybridized carbons (Fsp3) is 0.348. The molecular formula is C23H22Cl2O4. The van der Waals surface area contributed by atoms with Crippen molar-refractivity contribution in [1.29, 1.82) is 0 Å². The number of ether oxygens (including phenoxy) is 2. The summed E-state index contributed by atoms with van der Waals surface area (Å²) in [5.41, 5.74) is 2.76. The lowest BCUT2D eigenvalue weighted by atomic mass is 9.69. The molecule has 0 bridgehead atoms. The number of aliphatic hydroxyl groups is 1. The molecular weight excluding hydrogens is 411 g/mol. The number of fused-ring (bicyclic) bond motifs is 2. The van der Waals surface area contributed by atoms with Crippen LogP contribution in [0.1, 0.15) is 35.4 Å². The maximum absolute atomic E-state index is 12.3. The number of ketones is 1. The molecule has 4 atom stereocenters. The first-order valence-electron chi connectivity index (χ1n) is 9.62. The van der Waals surface area contributed by atoms with Crippen LogP contribution in [0.3, 0.4) is 0 Å². The smallest absolute Gasteiger partial charge is 0.154 e. The minimum atomic E-state index is -0.532. The van der Waals surface area contributed by atoms with Crippen molar-refractivity contribution in [2.75, 3.05) is 6.61 Å². The van der Waals surface area contributed by atoms with E-state index in [9.17, 15) is 9.90 Å². The van der Waals surface area contributed by atoms with Gasteiger partial charge in [0.05, 0.1) is 17.0 Å². The molecule has 152 valence electrons. The third-order valence-corrected chi connectivity index (χ3v) is 6.45. The van der Waals surface area contributed by atoms with E-state index in [1.54, 1.807) is 12.1 Å². The highest BCUT2D eigenvalue weighted by molar-refractivity contribution is 6.32. The molecule has 0 spiro atoms. The van der Waals surface area contributed by atoms with Gasteiger partial charge in [-0.15, -0.1) is 11.6 Å². The van der Waals surface area contributed by atoms with Crippen LogP contribution in [0, 0.1) is 5.92 Å². The van der Waals surface area contributed by atoms with E-state index in [2.05, 4.69) is 6.58 Å². The van der Waals surface area contributed by atoms with Crippen LogP contribution in [-0.2, 0) is 11.4 Å². The number of carbonyl (C=O) groups is 1. The van der Waals surface area contributed by atoms with E-state index < -0.39 is 5.38 Å². The van der Waals surface area contributed by atoms with E-state index in [0.717, 1.165) is 16.7 Å². The van der Waals surface area contributed by atoms with Gasteiger partial charge in [-0.3, -0.25) is 4.79 Å². The fourth-order valence-electron chi connectivity index (χ4n) is 4.41. The number of alkyl halides is 1. The Labute approximate surface area is 180 Å². The van der Waals surface area contributed by atoms with Gasteiger partial charge < -0.3 is 14.6 Å². The first-order chi connectivity index (χ1) is 14.0. The third kappa shape index (κ3) is 3.77. The first kappa shape index (κ1) is 20.3. The molecule has 1 aliphatic carbocycles. The minimum absolute atomic E-state index is 0.00246. The number of aliphatic hydroxyl groups excluding tert-OH is 1. The van der Waals surface area contributed by atoms with Crippen LogP contribution in [0.5, 0.6) is 11.5 Å². The molecule has 6 heteroatoms. The largest absolute Gasteiger partial charge is 0.489 e. The van der Waals surface area contributed by atoms with Crippen molar-refractivity contribution in [2.24, 2.45) is 5.92 Å². The highest BCUT2D eigenvalue weighted by Crippen LogP contribution is 2.51. The molecule has 1 N–H and O–H groups in total. The van der Waals surface area contributed by atoms with Crippen molar-refractivity contribution < 1.29 is 19.4 Å². The van der Waals surface area contributed by atoms with Gasteiger partial charge in [-0.2, -0.15) is 0 Å². The number of rotatable bonds is 5. The number of hydrogen-bond acceptors (Lipinski definition) is 4. The van der Waals surface area contributed by atoms with Gasteiger partial charge in [-0.25, -0.2) is 0 Å². The van der Waals surface area contributed by atoms with Crippen molar-refractivity contribution in [1.82, 2.24) is 0 Å². The lowest BCUT2D eigenvalue weighted by Gasteiger charge is -2.43. The molecule has 1 saturated carbocycles. The standard InChI is InChI=1S/C23H22Cl2O4/c1-2-7-28-22-11-21-16(9-18(22)25)23(14-6-4-3-5-13(14)12-26)15-8-17(24)19(27)10-20(15)29-21/h2-6,9,11,15,17,20,23,26H,1,7-8,10,12H2. The van der Waals surface area contributed by atoms with Gasteiger partial charge in [0.1, 0.15) is 24.2 Å². The third-order valence-electron chi connectivity index (χ3n) is 5.73. The molecule has 1 heterocycles. The molecule has 2 aromatic carbocycles. The Morgan fingerprint density at radius 2 is 2.07 bits per heavy atom. The monoisotopic (exact) mass is 432 g/mol. The van der Waals surface area contributed by atoms with Gasteiger partial charge in [-0.1, -0.05) is 48.5 Å². The van der Waals surface area contributed by atoms with Gasteiger partial charge in [0.2, 0.25) is 0 Å². The fourth-order valence-corrected chi connectivity index (χ4v) is 4.93. The number of halogens is 2. The van der Waals surface area contributed by atoms with Gasteiger partial charge in [-0.05, 0) is 23.6 Å². The average Bonchev–Trinajstić information content (AvgIpc) is 2.72. The summed E-state index contributed by atoms with van der Waals surface area (Å²) < 4.78 is 11.9. The van der Waals surface area contributed by atoms with Crippen molar-refractivity contribution in [2.45, 2.75) is 36.8 Å². The lowest BCUT2D eigenvalue weighted by molar-refractivity contribution is -0.124. The van der Waals surface area contributed by atoms with Crippen LogP contribution in [0.2, 0.25) is 5.02 Å². The maximum Gasteiger partial charge on any atom is 0.154 e. The zero-order chi connectivity index (χ0) is 20.5. The Balaban J connectivity index is 1.86. The van der Waals surface area contributed by atoms with Crippen LogP contribution in [0.4, 0.5) is 0 Å². The minimum Gasteiger partial charge on any atom is -0.489 e. The molecule has 0 radical (unpaired) electrons. The summed E-state index contributed by atoms with van der Waals surface area (Å²) >= 11 is 12.9. The Morgan fingerprint density at radius 3 is 2.83 bits per heavy atom. The summed E-state index contributed by atoms with van der Waals surface area (Å²) in [7, 11) is 0. The summed E-state index contributed by atoms with van der Waals surface area (Å²) in [6.07, 6.45) is 2.14. The SMILES string of the molecule is C=CCOc1cc2c(cc1Cl)C(c1ccccc1CO)C1CC(Cl)C(=O)CC1O2. The molecule has 2 aromatic rings. The Morgan fingerprint density at radius 1 is 1.28 bits per heavy atom. The summed E-state index contributed by atoms with van der Waals surface area (Å²) in [5.74, 6) is 1.07. The van der Waals surface area contributed by atoms with Crippen molar-refractivity contribution in [3.63, 3.8) is 0 Å². The van der Waals surface area contributed by atoms with Crippen molar-refractivity contribution in [3.8, 4) is 11.5 Å². The normalized spacial score (nSPS) is 25.6. The molecule has 2 aliphatic rings. The van der Waals surface area contributed by atoms with E-state index >= 15 is 0 Å². The highest BCUT2D eigenvalue weighted by atomic mass is 35.5. The predicted octanol–water partition coefficient (Wildman–Crippen LogP) is 4.88. The zero-order valence-electron chi connectivity index (χ0n) is 15.8. The summed E-state index contributed by atoms with van der Waals surface area (Å²) in [4.78, 5) is 12.3. The van der Waals surface area contributed by atoms with E-state index in [4.69, 9.17) is 32.7 Å². The zero-order valence-corrected chi connectivity index (χ0v) is 17.3. The van der Waals surface area contributed by atoms with Crippen LogP contribution >= 0.6 is 23.2 Å². The van der Waals surface area contributed by atoms with Gasteiger partial charge >= 0.3 is 0 Å². The van der Waals surface area contributed by atoms with E-state index in [0.29, 0.717) is 29.5 Å². The van der Waals surface area contributed by atoms with Crippen molar-refractivity contribution >= 4 is 29.0 Å². The molecule has 1 aliphatic heterocycles. The number of Topliss-reactive ketones (excluding diaryl/α,β-unsaturated/α-hetero) is 1. The quantitative estimate of drug-likeness (QED) is 0.540. The molecule has 4 rings (SSSR count). The molecule has 0 saturated heterocycles. The van der Waals surface area contributed by atoms with Crippen LogP contribution in [-0.4, -0.2) is 29.0 Å². The maximum atomic E-state index is 12.3. The van der Waals surface area contributed by atoms with Crippen LogP contribution in [0.25, 0.3) is 0 Å². The second-order valence-electron chi connectivity index (χ2n) is 7.45. The van der Waals surface area contributed by atoms with Gasteiger partial charge in [0.15, 0.2) is 5.78 Å². The Bertz CT molecular complexity index is 942. The molecule has 1 fully saturated rings. The lowest BCUT2D eigenvalue weighted by Crippen LogP contribution is -2.45. The number of hydrogen-bond donors (Lipinski definition) is 1. The Hall–Kier alpha value is -2.01. The average molecular weight is 433 g/mol. The second-order valence-corrected chi connectivity index (χ2v) is 8.38. The molecule has 0 amide bonds. The number of carbonyl (C=O) groups excluding carboxylic acids is 1. The number of benzene rings is 2. The van der Waals surface area contributed by atoms with Crippen LogP contribution in [0.15, 0.2) is 49.1 Å². The molecule has 4 nitrogen and oxygen atoms in total. The summed E-state index contributed by atoms with van der Waals surface area (Å²) in [5, 5.41) is 9.86. The molecule has 0 aromatic heterocycles. The van der Waals surface area contributed by atoms with Gasteiger partial charge in [0.25, 0.3) is 0 Å². The summed E-state index contributed by atoms with van der Waals surface area (Å²) in [6.45, 7) is 3.92. The van der Waals surface area contributed by atoms with E-state index in [-0.39, 0.29) is 36.8 Å². The second kappa shape index (κ2) is 8.39. The van der Waals surface area contributed by atoms with E-state index in [1.807, 2.05) is 30.3 Å². The molecule has 29 heavy (non-hydrogen) atoms. The van der Waals surface area contributed by atoms with Gasteiger partial charge in [0, 0.05) is 29.9 Å².